The van der Waals surface area contributed by atoms with Gasteiger partial charge in [-0.15, -0.1) is 0 Å². The van der Waals surface area contributed by atoms with E-state index in [9.17, 15) is 9.59 Å². The van der Waals surface area contributed by atoms with Crippen molar-refractivity contribution in [2.45, 2.75) is 77.5 Å². The first kappa shape index (κ1) is 19.8. The van der Waals surface area contributed by atoms with Crippen LogP contribution in [0.2, 0.25) is 25.7 Å². The van der Waals surface area contributed by atoms with E-state index < -0.39 is 19.8 Å². The molecule has 7 heteroatoms. The van der Waals surface area contributed by atoms with Gasteiger partial charge in [0, 0.05) is 14.6 Å². The second-order valence-corrected chi connectivity index (χ2v) is 13.9. The number of rotatable bonds is 4. The highest BCUT2D eigenvalue weighted by Gasteiger charge is 2.30. The van der Waals surface area contributed by atoms with Crippen molar-refractivity contribution in [3.8, 4) is 0 Å². The zero-order valence-electron chi connectivity index (χ0n) is 15.4. The number of hydrogen-bond acceptors (Lipinski definition) is 4. The average molecular weight is 345 g/mol. The maximum Gasteiger partial charge on any atom is 0.411 e. The van der Waals surface area contributed by atoms with E-state index in [1.165, 1.54) is 0 Å². The van der Waals surface area contributed by atoms with E-state index >= 15 is 0 Å². The summed E-state index contributed by atoms with van der Waals surface area (Å²) in [7, 11) is -1.23. The molecule has 23 heavy (non-hydrogen) atoms. The monoisotopic (exact) mass is 344 g/mol. The lowest BCUT2D eigenvalue weighted by atomic mass is 10.1. The van der Waals surface area contributed by atoms with E-state index in [-0.39, 0.29) is 12.3 Å². The lowest BCUT2D eigenvalue weighted by molar-refractivity contribution is 0.0334. The Bertz CT molecular complexity index is 415. The number of nitrogens with zero attached hydrogens (tertiary/aromatic N) is 1. The molecule has 134 valence electrons. The number of amides is 2. The second kappa shape index (κ2) is 8.03. The van der Waals surface area contributed by atoms with E-state index in [0.29, 0.717) is 13.2 Å². The first-order valence-corrected chi connectivity index (χ1v) is 12.1. The molecule has 0 aromatic carbocycles. The molecule has 0 saturated carbocycles. The van der Waals surface area contributed by atoms with Crippen LogP contribution in [0.3, 0.4) is 0 Å². The molecule has 2 amide bonds. The Morgan fingerprint density at radius 1 is 1.22 bits per heavy atom. The van der Waals surface area contributed by atoms with E-state index in [1.54, 1.807) is 4.90 Å². The summed E-state index contributed by atoms with van der Waals surface area (Å²) >= 11 is 0. The first-order chi connectivity index (χ1) is 10.5. The fraction of sp³-hybridized carbons (Fsp3) is 0.875. The van der Waals surface area contributed by atoms with Gasteiger partial charge in [-0.3, -0.25) is 4.90 Å². The third-order valence-corrected chi connectivity index (χ3v) is 5.20. The smallest absolute Gasteiger partial charge is 0.411 e. The maximum absolute atomic E-state index is 12.3. The second-order valence-electron chi connectivity index (χ2n) is 8.28. The average Bonchev–Trinajstić information content (AvgIpc) is 2.35. The molecule has 1 saturated heterocycles. The van der Waals surface area contributed by atoms with Gasteiger partial charge in [-0.05, 0) is 46.1 Å². The van der Waals surface area contributed by atoms with Crippen molar-refractivity contribution in [1.82, 2.24) is 10.2 Å². The van der Waals surface area contributed by atoms with Crippen molar-refractivity contribution in [2.24, 2.45) is 0 Å². The van der Waals surface area contributed by atoms with Crippen molar-refractivity contribution in [1.29, 1.82) is 0 Å². The summed E-state index contributed by atoms with van der Waals surface area (Å²) in [6.07, 6.45) is 1.43. The van der Waals surface area contributed by atoms with Crippen molar-refractivity contribution < 1.29 is 19.1 Å². The van der Waals surface area contributed by atoms with Gasteiger partial charge in [0.15, 0.2) is 0 Å². The summed E-state index contributed by atoms with van der Waals surface area (Å²) < 4.78 is 10.7. The molecule has 6 nitrogen and oxygen atoms in total. The van der Waals surface area contributed by atoms with Crippen LogP contribution >= 0.6 is 0 Å². The number of likely N-dealkylation sites (tertiary alicyclic amines) is 1. The summed E-state index contributed by atoms with van der Waals surface area (Å²) in [6, 6.07) is 0.941. The molecule has 0 spiro atoms. The SMILES string of the molecule is CC(C)(C)OC(=O)NC1CCCCN1C(=O)OCC[Si](C)(C)C. The van der Waals surface area contributed by atoms with Crippen LogP contribution in [-0.4, -0.2) is 50.1 Å². The minimum absolute atomic E-state index is 0.344. The molecule has 1 unspecified atom stereocenters. The number of ether oxygens (including phenoxy) is 2. The van der Waals surface area contributed by atoms with E-state index in [1.807, 2.05) is 20.8 Å². The molecule has 1 aliphatic rings. The Morgan fingerprint density at radius 2 is 1.87 bits per heavy atom. The van der Waals surface area contributed by atoms with Crippen LogP contribution in [0.15, 0.2) is 0 Å². The summed E-state index contributed by atoms with van der Waals surface area (Å²) in [5.41, 5.74) is -0.554. The van der Waals surface area contributed by atoms with Crippen molar-refractivity contribution in [3.05, 3.63) is 0 Å². The first-order valence-electron chi connectivity index (χ1n) is 8.41. The summed E-state index contributed by atoms with van der Waals surface area (Å²) in [5, 5.41) is 2.79. The topological polar surface area (TPSA) is 67.9 Å². The largest absolute Gasteiger partial charge is 0.450 e. The molecular weight excluding hydrogens is 312 g/mol. The fourth-order valence-corrected chi connectivity index (χ4v) is 2.99. The van der Waals surface area contributed by atoms with Crippen LogP contribution in [0.25, 0.3) is 0 Å². The van der Waals surface area contributed by atoms with Crippen LogP contribution in [0.1, 0.15) is 40.0 Å². The Morgan fingerprint density at radius 3 is 2.43 bits per heavy atom. The predicted octanol–water partition coefficient (Wildman–Crippen LogP) is 3.80. The minimum Gasteiger partial charge on any atom is -0.450 e. The molecule has 1 fully saturated rings. The third-order valence-electron chi connectivity index (χ3n) is 3.50. The zero-order chi connectivity index (χ0) is 17.7. The number of nitrogens with one attached hydrogen (secondary N) is 1. The number of alkyl carbamates (subject to hydrolysis) is 1. The van der Waals surface area contributed by atoms with Crippen molar-refractivity contribution in [2.75, 3.05) is 13.2 Å². The highest BCUT2D eigenvalue weighted by Crippen LogP contribution is 2.18. The highest BCUT2D eigenvalue weighted by atomic mass is 28.3. The Kier molecular flexibility index (Phi) is 6.92. The van der Waals surface area contributed by atoms with E-state index in [2.05, 4.69) is 25.0 Å². The number of carbonyl (C=O) groups excluding carboxylic acids is 2. The van der Waals surface area contributed by atoms with Gasteiger partial charge in [-0.2, -0.15) is 0 Å². The van der Waals surface area contributed by atoms with Gasteiger partial charge in [0.25, 0.3) is 0 Å². The van der Waals surface area contributed by atoms with Crippen LogP contribution in [0.5, 0.6) is 0 Å². The Hall–Kier alpha value is -1.24. The van der Waals surface area contributed by atoms with Gasteiger partial charge >= 0.3 is 12.2 Å². The van der Waals surface area contributed by atoms with Gasteiger partial charge in [-0.1, -0.05) is 19.6 Å². The van der Waals surface area contributed by atoms with Crippen LogP contribution in [0.4, 0.5) is 9.59 Å². The standard InChI is InChI=1S/C16H32N2O4Si/c1-16(2,3)22-14(19)17-13-9-7-8-10-18(13)15(20)21-11-12-23(4,5)6/h13H,7-12H2,1-6H3,(H,17,19). The molecule has 0 radical (unpaired) electrons. The molecule has 0 aromatic rings. The predicted molar refractivity (Wildman–Crippen MR) is 93.2 cm³/mol. The molecule has 1 N–H and O–H groups in total. The summed E-state index contributed by atoms with van der Waals surface area (Å²) in [4.78, 5) is 25.8. The van der Waals surface area contributed by atoms with Crippen molar-refractivity contribution in [3.63, 3.8) is 0 Å². The van der Waals surface area contributed by atoms with Gasteiger partial charge in [0.2, 0.25) is 0 Å². The number of carbonyl (C=O) groups is 2. The maximum atomic E-state index is 12.3. The van der Waals surface area contributed by atoms with Gasteiger partial charge in [0.05, 0.1) is 6.61 Å². The Balaban J connectivity index is 2.53. The molecule has 1 heterocycles. The molecular formula is C16H32N2O4Si. The quantitative estimate of drug-likeness (QED) is 0.788. The molecule has 1 aliphatic heterocycles. The van der Waals surface area contributed by atoms with E-state index in [4.69, 9.17) is 9.47 Å². The Labute approximate surface area is 140 Å². The zero-order valence-corrected chi connectivity index (χ0v) is 16.4. The highest BCUT2D eigenvalue weighted by molar-refractivity contribution is 6.76. The van der Waals surface area contributed by atoms with E-state index in [0.717, 1.165) is 25.3 Å². The summed E-state index contributed by atoms with van der Waals surface area (Å²) in [6.45, 7) is 13.2. The van der Waals surface area contributed by atoms with Crippen LogP contribution in [-0.2, 0) is 9.47 Å². The summed E-state index contributed by atoms with van der Waals surface area (Å²) in [5.74, 6) is 0. The lowest BCUT2D eigenvalue weighted by Crippen LogP contribution is -2.54. The van der Waals surface area contributed by atoms with Gasteiger partial charge < -0.3 is 14.8 Å². The van der Waals surface area contributed by atoms with Crippen LogP contribution in [0, 0.1) is 0 Å². The number of piperidine rings is 1. The lowest BCUT2D eigenvalue weighted by Gasteiger charge is -2.35. The molecule has 0 aliphatic carbocycles. The minimum atomic E-state index is -1.23. The molecule has 0 aromatic heterocycles. The van der Waals surface area contributed by atoms with Crippen molar-refractivity contribution >= 4 is 20.3 Å². The third kappa shape index (κ3) is 8.25. The molecule has 1 atom stereocenters. The van der Waals surface area contributed by atoms with Crippen LogP contribution < -0.4 is 5.32 Å². The molecule has 1 rings (SSSR count). The van der Waals surface area contributed by atoms with Gasteiger partial charge in [-0.25, -0.2) is 9.59 Å². The van der Waals surface area contributed by atoms with Gasteiger partial charge in [0.1, 0.15) is 11.8 Å². The normalized spacial score (nSPS) is 19.2. The number of hydrogen-bond donors (Lipinski definition) is 1. The fourth-order valence-electron chi connectivity index (χ4n) is 2.27. The molecule has 0 bridgehead atoms.